The van der Waals surface area contributed by atoms with Crippen molar-refractivity contribution in [2.45, 2.75) is 110 Å². The van der Waals surface area contributed by atoms with Gasteiger partial charge in [-0.05, 0) is 112 Å². The predicted molar refractivity (Wildman–Crippen MR) is 108 cm³/mol. The van der Waals surface area contributed by atoms with Crippen LogP contribution < -0.4 is 0 Å². The molecule has 5 unspecified atom stereocenters. The Labute approximate surface area is 165 Å². The van der Waals surface area contributed by atoms with Crippen LogP contribution in [-0.4, -0.2) is 33.6 Å². The molecule has 4 aliphatic carbocycles. The molecule has 0 amide bonds. The molecular weight excluding hydrogens is 336 g/mol. The van der Waals surface area contributed by atoms with Crippen LogP contribution in [0.2, 0.25) is 0 Å². The van der Waals surface area contributed by atoms with E-state index >= 15 is 0 Å². The average molecular weight is 379 g/mol. The number of rotatable bonds is 4. The first-order valence-corrected chi connectivity index (χ1v) is 11.8. The molecule has 156 valence electrons. The molecule has 0 aromatic heterocycles. The number of hydrogen-bond donors (Lipinski definition) is 3. The third-order valence-electron chi connectivity index (χ3n) is 10.1. The zero-order chi connectivity index (χ0) is 19.4. The molecular formula is C24H42O3. The van der Waals surface area contributed by atoms with Gasteiger partial charge in [0.25, 0.3) is 0 Å². The molecule has 3 heteroatoms. The largest absolute Gasteiger partial charge is 0.393 e. The maximum absolute atomic E-state index is 11.4. The predicted octanol–water partition coefficient (Wildman–Crippen LogP) is 4.53. The third kappa shape index (κ3) is 3.20. The third-order valence-corrected chi connectivity index (χ3v) is 10.1. The molecule has 0 aromatic rings. The summed E-state index contributed by atoms with van der Waals surface area (Å²) in [5.41, 5.74) is 0.409. The van der Waals surface area contributed by atoms with Gasteiger partial charge in [0.2, 0.25) is 0 Å². The van der Waals surface area contributed by atoms with Gasteiger partial charge >= 0.3 is 0 Å². The highest BCUT2D eigenvalue weighted by Crippen LogP contribution is 2.67. The fraction of sp³-hybridized carbons (Fsp3) is 1.00. The van der Waals surface area contributed by atoms with Crippen molar-refractivity contribution >= 4 is 0 Å². The lowest BCUT2D eigenvalue weighted by Gasteiger charge is -2.62. The molecule has 0 aliphatic heterocycles. The van der Waals surface area contributed by atoms with Crippen molar-refractivity contribution in [2.75, 3.05) is 0 Å². The van der Waals surface area contributed by atoms with Gasteiger partial charge < -0.3 is 15.3 Å². The van der Waals surface area contributed by atoms with E-state index in [0.29, 0.717) is 29.1 Å². The smallest absolute Gasteiger partial charge is 0.0602 e. The molecule has 3 nitrogen and oxygen atoms in total. The van der Waals surface area contributed by atoms with Crippen molar-refractivity contribution in [1.82, 2.24) is 0 Å². The van der Waals surface area contributed by atoms with Gasteiger partial charge in [-0.15, -0.1) is 0 Å². The van der Waals surface area contributed by atoms with Crippen molar-refractivity contribution in [3.8, 4) is 0 Å². The van der Waals surface area contributed by atoms with Crippen molar-refractivity contribution < 1.29 is 15.3 Å². The number of aliphatic hydroxyl groups excluding tert-OH is 3. The van der Waals surface area contributed by atoms with E-state index in [9.17, 15) is 15.3 Å². The number of fused-ring (bicyclic) bond motifs is 5. The number of hydrogen-bond acceptors (Lipinski definition) is 3. The summed E-state index contributed by atoms with van der Waals surface area (Å²) in [6.45, 7) is 6.78. The fourth-order valence-corrected chi connectivity index (χ4v) is 8.45. The molecule has 10 atom stereocenters. The molecule has 0 spiro atoms. The molecule has 0 bridgehead atoms. The highest BCUT2D eigenvalue weighted by molar-refractivity contribution is 5.12. The molecule has 0 radical (unpaired) electrons. The lowest BCUT2D eigenvalue weighted by atomic mass is 9.44. The Bertz CT molecular complexity index is 534. The van der Waals surface area contributed by atoms with Crippen molar-refractivity contribution in [1.29, 1.82) is 0 Å². The van der Waals surface area contributed by atoms with Gasteiger partial charge in [-0.25, -0.2) is 0 Å². The molecule has 4 fully saturated rings. The van der Waals surface area contributed by atoms with E-state index < -0.39 is 0 Å². The molecule has 4 aliphatic rings. The van der Waals surface area contributed by atoms with Crippen molar-refractivity contribution in [3.63, 3.8) is 0 Å². The molecule has 0 aromatic carbocycles. The van der Waals surface area contributed by atoms with Crippen LogP contribution in [0.25, 0.3) is 0 Å². The summed E-state index contributed by atoms with van der Waals surface area (Å²) in [7, 11) is 0. The Kier molecular flexibility index (Phi) is 5.44. The van der Waals surface area contributed by atoms with E-state index in [0.717, 1.165) is 44.4 Å². The molecule has 0 saturated heterocycles. The second kappa shape index (κ2) is 7.29. The van der Waals surface area contributed by atoms with E-state index in [1.54, 1.807) is 0 Å². The zero-order valence-corrected chi connectivity index (χ0v) is 17.7. The van der Waals surface area contributed by atoms with Gasteiger partial charge in [-0.1, -0.05) is 20.3 Å². The van der Waals surface area contributed by atoms with Crippen molar-refractivity contribution in [3.05, 3.63) is 0 Å². The monoisotopic (exact) mass is 378 g/mol. The van der Waals surface area contributed by atoms with Crippen LogP contribution in [0.15, 0.2) is 0 Å². The topological polar surface area (TPSA) is 60.7 Å². The Morgan fingerprint density at radius 2 is 1.74 bits per heavy atom. The summed E-state index contributed by atoms with van der Waals surface area (Å²) in [6, 6.07) is 0. The van der Waals surface area contributed by atoms with Crippen molar-refractivity contribution in [2.24, 2.45) is 40.4 Å². The van der Waals surface area contributed by atoms with Crippen LogP contribution in [-0.2, 0) is 0 Å². The minimum Gasteiger partial charge on any atom is -0.393 e. The van der Waals surface area contributed by atoms with Gasteiger partial charge in [0.05, 0.1) is 18.3 Å². The standard InChI is InChI=1S/C24H42O3/c1-15(25)5-4-6-16-8-10-20-19-9-7-17-13-18(26)11-12-23(17,2)21(19)14-22(27)24(16,20)3/h15-22,25-27H,4-14H2,1-3H3/t15?,16-,17?,18+,19?,20?,21?,22-,23-,24+/m0/s1. The molecule has 3 N–H and O–H groups in total. The summed E-state index contributed by atoms with van der Waals surface area (Å²) in [6.07, 6.45) is 11.9. The summed E-state index contributed by atoms with van der Waals surface area (Å²) < 4.78 is 0. The molecule has 4 rings (SSSR count). The van der Waals surface area contributed by atoms with Gasteiger partial charge in [0.15, 0.2) is 0 Å². The minimum atomic E-state index is -0.201. The van der Waals surface area contributed by atoms with Gasteiger partial charge in [-0.3, -0.25) is 0 Å². The maximum atomic E-state index is 11.4. The Hall–Kier alpha value is -0.120. The summed E-state index contributed by atoms with van der Waals surface area (Å²) in [4.78, 5) is 0. The second-order valence-electron chi connectivity index (χ2n) is 11.3. The van der Waals surface area contributed by atoms with E-state index in [2.05, 4.69) is 13.8 Å². The Balaban J connectivity index is 1.52. The van der Waals surface area contributed by atoms with Gasteiger partial charge in [-0.2, -0.15) is 0 Å². The quantitative estimate of drug-likeness (QED) is 0.673. The van der Waals surface area contributed by atoms with Crippen LogP contribution in [0, 0.1) is 40.4 Å². The summed E-state index contributed by atoms with van der Waals surface area (Å²) in [5.74, 6) is 3.37. The minimum absolute atomic E-state index is 0.0806. The van der Waals surface area contributed by atoms with Crippen LogP contribution in [0.5, 0.6) is 0 Å². The first-order chi connectivity index (χ1) is 12.8. The van der Waals surface area contributed by atoms with Crippen LogP contribution in [0.3, 0.4) is 0 Å². The van der Waals surface area contributed by atoms with Gasteiger partial charge in [0, 0.05) is 0 Å². The van der Waals surface area contributed by atoms with E-state index in [-0.39, 0.29) is 23.7 Å². The lowest BCUT2D eigenvalue weighted by Crippen LogP contribution is -2.58. The van der Waals surface area contributed by atoms with Crippen LogP contribution in [0.4, 0.5) is 0 Å². The summed E-state index contributed by atoms with van der Waals surface area (Å²) >= 11 is 0. The SMILES string of the molecule is CC(O)CCC[C@H]1CCC2C3CCC4C[C@H](O)CC[C@]4(C)C3C[C@H](O)[C@@]21C. The Morgan fingerprint density at radius 1 is 0.963 bits per heavy atom. The molecule has 4 saturated carbocycles. The zero-order valence-electron chi connectivity index (χ0n) is 17.7. The normalized spacial score (nSPS) is 53.3. The highest BCUT2D eigenvalue weighted by atomic mass is 16.3. The number of aliphatic hydroxyl groups is 3. The Morgan fingerprint density at radius 3 is 2.48 bits per heavy atom. The first-order valence-electron chi connectivity index (χ1n) is 11.8. The van der Waals surface area contributed by atoms with Crippen LogP contribution in [0.1, 0.15) is 91.4 Å². The first kappa shape index (κ1) is 20.2. The van der Waals surface area contributed by atoms with Crippen LogP contribution >= 0.6 is 0 Å². The molecule has 0 heterocycles. The lowest BCUT2D eigenvalue weighted by molar-refractivity contribution is -0.171. The molecule has 27 heavy (non-hydrogen) atoms. The fourth-order valence-electron chi connectivity index (χ4n) is 8.45. The van der Waals surface area contributed by atoms with E-state index in [1.807, 2.05) is 6.92 Å². The second-order valence-corrected chi connectivity index (χ2v) is 11.3. The van der Waals surface area contributed by atoms with E-state index in [1.165, 1.54) is 32.1 Å². The summed E-state index contributed by atoms with van der Waals surface area (Å²) in [5, 5.41) is 31.2. The highest BCUT2D eigenvalue weighted by Gasteiger charge is 2.62. The van der Waals surface area contributed by atoms with E-state index in [4.69, 9.17) is 0 Å². The maximum Gasteiger partial charge on any atom is 0.0602 e. The van der Waals surface area contributed by atoms with Gasteiger partial charge in [0.1, 0.15) is 0 Å². The average Bonchev–Trinajstić information content (AvgIpc) is 2.95.